The van der Waals surface area contributed by atoms with E-state index in [-0.39, 0.29) is 12.2 Å². The Morgan fingerprint density at radius 2 is 1.38 bits per heavy atom. The minimum Gasteiger partial charge on any atom is -0.459 e. The standard InChI is InChI=1S/C30H38O15/c1-13-27(37)45-21-10-19(11-31)8-9-20(40-14(2)32)28(7)23(26(30(13,21)38)44-18(6)36)29(12-39-29)25(43-17(5)35)22(41-15(3)33)24(28)42-16(4)34/h8-10,13,20-26,31,38H,11-12H2,1-7H3/b9-8+,19-10?. The Morgan fingerprint density at radius 1 is 0.867 bits per heavy atom. The summed E-state index contributed by atoms with van der Waals surface area (Å²) in [6, 6.07) is 0. The molecule has 4 rings (SSSR count). The monoisotopic (exact) mass is 638 g/mol. The molecule has 2 heterocycles. The van der Waals surface area contributed by atoms with Gasteiger partial charge in [0.25, 0.3) is 0 Å². The minimum absolute atomic E-state index is 0.118. The summed E-state index contributed by atoms with van der Waals surface area (Å²) >= 11 is 0. The Balaban J connectivity index is 2.17. The van der Waals surface area contributed by atoms with Gasteiger partial charge in [0.1, 0.15) is 17.8 Å². The minimum atomic E-state index is -2.38. The SMILES string of the molecule is CC(=O)OC1C(OC(C)=O)C2(CO2)C2C(OC(C)=O)C3(O)C(C=C(CO)/C=C/C(OC(C)=O)C2(C)C1OC(C)=O)OC(=O)C3C. The molecule has 15 heteroatoms. The molecule has 3 fully saturated rings. The van der Waals surface area contributed by atoms with Gasteiger partial charge in [-0.1, -0.05) is 13.0 Å². The first-order valence-corrected chi connectivity index (χ1v) is 14.4. The van der Waals surface area contributed by atoms with Crippen molar-refractivity contribution in [1.29, 1.82) is 0 Å². The van der Waals surface area contributed by atoms with Crippen molar-refractivity contribution in [3.8, 4) is 0 Å². The van der Waals surface area contributed by atoms with Crippen molar-refractivity contribution in [3.05, 3.63) is 23.8 Å². The highest BCUT2D eigenvalue weighted by Gasteiger charge is 2.81. The number of aliphatic hydroxyl groups is 2. The van der Waals surface area contributed by atoms with Gasteiger partial charge in [0.2, 0.25) is 0 Å². The number of fused-ring (bicyclic) bond motifs is 3. The van der Waals surface area contributed by atoms with Crippen molar-refractivity contribution in [2.24, 2.45) is 17.3 Å². The Labute approximate surface area is 258 Å². The molecule has 2 saturated heterocycles. The maximum Gasteiger partial charge on any atom is 0.312 e. The van der Waals surface area contributed by atoms with Crippen LogP contribution < -0.4 is 0 Å². The Bertz CT molecular complexity index is 1330. The molecule has 45 heavy (non-hydrogen) atoms. The molecule has 2 aliphatic heterocycles. The van der Waals surface area contributed by atoms with E-state index in [2.05, 4.69) is 0 Å². The molecule has 248 valence electrons. The molecule has 4 aliphatic rings. The number of carbonyl (C=O) groups excluding carboxylic acids is 6. The van der Waals surface area contributed by atoms with Crippen molar-refractivity contribution in [1.82, 2.24) is 0 Å². The van der Waals surface area contributed by atoms with E-state index in [1.807, 2.05) is 0 Å². The maximum atomic E-state index is 13.1. The topological polar surface area (TPSA) is 211 Å². The second-order valence-electron chi connectivity index (χ2n) is 12.0. The molecule has 2 aliphatic carbocycles. The number of rotatable bonds is 6. The van der Waals surface area contributed by atoms with Crippen LogP contribution in [0.2, 0.25) is 0 Å². The van der Waals surface area contributed by atoms with Crippen LogP contribution in [-0.2, 0) is 61.9 Å². The first kappa shape index (κ1) is 34.1. The predicted molar refractivity (Wildman–Crippen MR) is 146 cm³/mol. The first-order valence-electron chi connectivity index (χ1n) is 14.4. The van der Waals surface area contributed by atoms with Crippen LogP contribution in [0.15, 0.2) is 23.8 Å². The molecule has 15 nitrogen and oxygen atoms in total. The summed E-state index contributed by atoms with van der Waals surface area (Å²) in [5.41, 5.74) is -5.83. The number of hydrogen-bond donors (Lipinski definition) is 2. The number of esters is 6. The van der Waals surface area contributed by atoms with Crippen LogP contribution in [0.1, 0.15) is 48.5 Å². The quantitative estimate of drug-likeness (QED) is 0.220. The van der Waals surface area contributed by atoms with Crippen molar-refractivity contribution in [2.75, 3.05) is 13.2 Å². The molecule has 0 bridgehead atoms. The van der Waals surface area contributed by atoms with Gasteiger partial charge >= 0.3 is 35.8 Å². The molecule has 0 amide bonds. The van der Waals surface area contributed by atoms with Crippen LogP contribution in [0.25, 0.3) is 0 Å². The molecular formula is C30H38O15. The average Bonchev–Trinajstić information content (AvgIpc) is 3.68. The van der Waals surface area contributed by atoms with Crippen LogP contribution in [0, 0.1) is 17.3 Å². The van der Waals surface area contributed by atoms with Gasteiger partial charge in [-0.3, -0.25) is 28.8 Å². The number of epoxide rings is 1. The second kappa shape index (κ2) is 12.2. The van der Waals surface area contributed by atoms with Gasteiger partial charge in [-0.15, -0.1) is 0 Å². The van der Waals surface area contributed by atoms with Crippen molar-refractivity contribution in [2.45, 2.75) is 96.3 Å². The summed E-state index contributed by atoms with van der Waals surface area (Å²) < 4.78 is 40.4. The molecule has 1 spiro atoms. The van der Waals surface area contributed by atoms with Crippen LogP contribution in [-0.4, -0.2) is 107 Å². The molecular weight excluding hydrogens is 600 g/mol. The summed E-state index contributed by atoms with van der Waals surface area (Å²) in [5.74, 6) is -7.91. The van der Waals surface area contributed by atoms with Gasteiger partial charge in [-0.25, -0.2) is 0 Å². The fraction of sp³-hybridized carbons (Fsp3) is 0.667. The van der Waals surface area contributed by atoms with E-state index in [0.29, 0.717) is 0 Å². The summed E-state index contributed by atoms with van der Waals surface area (Å²) in [7, 11) is 0. The van der Waals surface area contributed by atoms with Crippen LogP contribution in [0.4, 0.5) is 0 Å². The van der Waals surface area contributed by atoms with Gasteiger partial charge < -0.3 is 43.4 Å². The largest absolute Gasteiger partial charge is 0.459 e. The molecule has 0 aromatic carbocycles. The van der Waals surface area contributed by atoms with Gasteiger partial charge in [0, 0.05) is 40.5 Å². The summed E-state index contributed by atoms with van der Waals surface area (Å²) in [4.78, 5) is 76.1. The molecule has 11 atom stereocenters. The van der Waals surface area contributed by atoms with E-state index in [1.54, 1.807) is 0 Å². The highest BCUT2D eigenvalue weighted by atomic mass is 16.7. The first-order chi connectivity index (χ1) is 20.9. The third-order valence-corrected chi connectivity index (χ3v) is 8.99. The third-order valence-electron chi connectivity index (χ3n) is 8.99. The molecule has 0 aromatic rings. The molecule has 11 unspecified atom stereocenters. The van der Waals surface area contributed by atoms with E-state index in [1.165, 1.54) is 32.1 Å². The Kier molecular flexibility index (Phi) is 9.21. The van der Waals surface area contributed by atoms with E-state index in [0.717, 1.165) is 34.6 Å². The molecule has 0 radical (unpaired) electrons. The zero-order valence-corrected chi connectivity index (χ0v) is 26.0. The highest BCUT2D eigenvalue weighted by molar-refractivity contribution is 5.78. The lowest BCUT2D eigenvalue weighted by atomic mass is 9.51. The second-order valence-corrected chi connectivity index (χ2v) is 12.0. The van der Waals surface area contributed by atoms with Gasteiger partial charge in [0.15, 0.2) is 30.0 Å². The van der Waals surface area contributed by atoms with Crippen molar-refractivity contribution < 1.29 is 72.1 Å². The van der Waals surface area contributed by atoms with Gasteiger partial charge in [-0.05, 0) is 24.6 Å². The van der Waals surface area contributed by atoms with Crippen molar-refractivity contribution in [3.63, 3.8) is 0 Å². The lowest BCUT2D eigenvalue weighted by molar-refractivity contribution is -0.279. The van der Waals surface area contributed by atoms with Crippen LogP contribution in [0.3, 0.4) is 0 Å². The van der Waals surface area contributed by atoms with E-state index >= 15 is 0 Å². The predicted octanol–water partition coefficient (Wildman–Crippen LogP) is -0.169. The zero-order chi connectivity index (χ0) is 33.6. The van der Waals surface area contributed by atoms with E-state index in [9.17, 15) is 39.0 Å². The van der Waals surface area contributed by atoms with Crippen LogP contribution >= 0.6 is 0 Å². The smallest absolute Gasteiger partial charge is 0.312 e. The number of aliphatic hydroxyl groups excluding tert-OH is 1. The number of hydrogen-bond acceptors (Lipinski definition) is 15. The zero-order valence-electron chi connectivity index (χ0n) is 26.0. The molecule has 2 N–H and O–H groups in total. The van der Waals surface area contributed by atoms with Crippen LogP contribution in [0.5, 0.6) is 0 Å². The van der Waals surface area contributed by atoms with E-state index in [4.69, 9.17) is 33.2 Å². The Morgan fingerprint density at radius 3 is 1.87 bits per heavy atom. The van der Waals surface area contributed by atoms with Gasteiger partial charge in [0.05, 0.1) is 24.5 Å². The van der Waals surface area contributed by atoms with Crippen molar-refractivity contribution >= 4 is 35.8 Å². The lowest BCUT2D eigenvalue weighted by Gasteiger charge is -2.59. The summed E-state index contributed by atoms with van der Waals surface area (Å²) in [6.07, 6.45) is -5.38. The molecule has 0 aromatic heterocycles. The maximum absolute atomic E-state index is 13.1. The number of carbonyl (C=O) groups is 6. The normalized spacial score (nSPS) is 40.8. The third kappa shape index (κ3) is 5.84. The summed E-state index contributed by atoms with van der Waals surface area (Å²) in [6.45, 7) is 7.42. The lowest BCUT2D eigenvalue weighted by Crippen LogP contribution is -2.76. The molecule has 1 saturated carbocycles. The van der Waals surface area contributed by atoms with Gasteiger partial charge in [-0.2, -0.15) is 0 Å². The Hall–Kier alpha value is -3.82. The average molecular weight is 639 g/mol. The highest BCUT2D eigenvalue weighted by Crippen LogP contribution is 2.63. The van der Waals surface area contributed by atoms with E-state index < -0.39 is 107 Å². The number of ether oxygens (including phenoxy) is 7. The fourth-order valence-corrected chi connectivity index (χ4v) is 7.11. The summed E-state index contributed by atoms with van der Waals surface area (Å²) in [5, 5.41) is 22.8. The fourth-order valence-electron chi connectivity index (χ4n) is 7.11.